The summed E-state index contributed by atoms with van der Waals surface area (Å²) >= 11 is 0. The van der Waals surface area contributed by atoms with Crippen LogP contribution >= 0.6 is 0 Å². The SMILES string of the molecule is CCc1ccc(C2CNCCN2C(=O)c2cccn2C)cc1. The molecule has 1 atom stereocenters. The van der Waals surface area contributed by atoms with Crippen molar-refractivity contribution < 1.29 is 4.79 Å². The smallest absolute Gasteiger partial charge is 0.271 e. The number of nitrogens with zero attached hydrogens (tertiary/aromatic N) is 2. The lowest BCUT2D eigenvalue weighted by Gasteiger charge is -2.36. The Balaban J connectivity index is 1.87. The maximum atomic E-state index is 12.9. The summed E-state index contributed by atoms with van der Waals surface area (Å²) in [7, 11) is 1.92. The molecule has 22 heavy (non-hydrogen) atoms. The van der Waals surface area contributed by atoms with Crippen molar-refractivity contribution in [1.29, 1.82) is 0 Å². The van der Waals surface area contributed by atoms with Gasteiger partial charge in [0.25, 0.3) is 5.91 Å². The van der Waals surface area contributed by atoms with Crippen LogP contribution in [0.3, 0.4) is 0 Å². The molecule has 1 N–H and O–H groups in total. The van der Waals surface area contributed by atoms with E-state index in [0.29, 0.717) is 0 Å². The van der Waals surface area contributed by atoms with Gasteiger partial charge in [0.2, 0.25) is 0 Å². The van der Waals surface area contributed by atoms with Crippen LogP contribution in [0.4, 0.5) is 0 Å². The van der Waals surface area contributed by atoms with Gasteiger partial charge in [0.15, 0.2) is 0 Å². The van der Waals surface area contributed by atoms with E-state index in [-0.39, 0.29) is 11.9 Å². The number of rotatable bonds is 3. The van der Waals surface area contributed by atoms with Crippen molar-refractivity contribution in [3.05, 3.63) is 59.4 Å². The first-order valence-corrected chi connectivity index (χ1v) is 7.92. The molecule has 4 heteroatoms. The van der Waals surface area contributed by atoms with E-state index >= 15 is 0 Å². The third kappa shape index (κ3) is 2.79. The average molecular weight is 297 g/mol. The Kier molecular flexibility index (Phi) is 4.29. The van der Waals surface area contributed by atoms with Gasteiger partial charge in [0.05, 0.1) is 6.04 Å². The molecule has 0 spiro atoms. The van der Waals surface area contributed by atoms with Crippen LogP contribution in [0.1, 0.15) is 34.6 Å². The van der Waals surface area contributed by atoms with Crippen molar-refractivity contribution in [2.45, 2.75) is 19.4 Å². The van der Waals surface area contributed by atoms with Crippen molar-refractivity contribution in [2.75, 3.05) is 19.6 Å². The summed E-state index contributed by atoms with van der Waals surface area (Å²) in [5, 5.41) is 3.41. The zero-order valence-corrected chi connectivity index (χ0v) is 13.2. The van der Waals surface area contributed by atoms with Crippen LogP contribution in [0.25, 0.3) is 0 Å². The number of hydrogen-bond donors (Lipinski definition) is 1. The van der Waals surface area contributed by atoms with Gasteiger partial charge in [0.1, 0.15) is 5.69 Å². The maximum absolute atomic E-state index is 12.9. The molecule has 1 aliphatic rings. The molecule has 1 amide bonds. The molecule has 1 aromatic heterocycles. The Morgan fingerprint density at radius 3 is 2.68 bits per heavy atom. The van der Waals surface area contributed by atoms with Crippen LogP contribution < -0.4 is 5.32 Å². The molecule has 0 saturated carbocycles. The molecule has 1 aliphatic heterocycles. The van der Waals surface area contributed by atoms with Gasteiger partial charge in [-0.25, -0.2) is 0 Å². The van der Waals surface area contributed by atoms with Crippen LogP contribution in [-0.4, -0.2) is 35.0 Å². The summed E-state index contributed by atoms with van der Waals surface area (Å²) < 4.78 is 1.89. The number of aromatic nitrogens is 1. The van der Waals surface area contributed by atoms with Crippen LogP contribution in [0.2, 0.25) is 0 Å². The van der Waals surface area contributed by atoms with Crippen LogP contribution in [0.15, 0.2) is 42.6 Å². The third-order valence-electron chi connectivity index (χ3n) is 4.44. The van der Waals surface area contributed by atoms with Gasteiger partial charge in [-0.05, 0) is 29.7 Å². The standard InChI is InChI=1S/C18H23N3O/c1-3-14-6-8-15(9-7-14)17-13-19-10-12-21(17)18(22)16-5-4-11-20(16)2/h4-9,11,17,19H,3,10,12-13H2,1-2H3. The lowest BCUT2D eigenvalue weighted by molar-refractivity contribution is 0.0624. The summed E-state index contributed by atoms with van der Waals surface area (Å²) in [6, 6.07) is 12.5. The fraction of sp³-hybridized carbons (Fsp3) is 0.389. The molecule has 1 fully saturated rings. The number of amides is 1. The van der Waals surface area contributed by atoms with Crippen LogP contribution in [0, 0.1) is 0 Å². The van der Waals surface area contributed by atoms with Gasteiger partial charge in [-0.2, -0.15) is 0 Å². The molecule has 116 valence electrons. The van der Waals surface area contributed by atoms with Gasteiger partial charge in [0, 0.05) is 32.9 Å². The molecule has 3 rings (SSSR count). The number of hydrogen-bond acceptors (Lipinski definition) is 2. The van der Waals surface area contributed by atoms with Gasteiger partial charge >= 0.3 is 0 Å². The Labute approximate surface area is 131 Å². The zero-order chi connectivity index (χ0) is 15.5. The van der Waals surface area contributed by atoms with Crippen molar-refractivity contribution in [1.82, 2.24) is 14.8 Å². The highest BCUT2D eigenvalue weighted by Crippen LogP contribution is 2.24. The highest BCUT2D eigenvalue weighted by molar-refractivity contribution is 5.93. The van der Waals surface area contributed by atoms with E-state index in [0.717, 1.165) is 31.7 Å². The second kappa shape index (κ2) is 6.36. The van der Waals surface area contributed by atoms with E-state index in [2.05, 4.69) is 36.5 Å². The minimum Gasteiger partial charge on any atom is -0.347 e. The minimum absolute atomic E-state index is 0.0991. The zero-order valence-electron chi connectivity index (χ0n) is 13.2. The topological polar surface area (TPSA) is 37.3 Å². The normalized spacial score (nSPS) is 18.5. The van der Waals surface area contributed by atoms with Gasteiger partial charge in [-0.3, -0.25) is 4.79 Å². The molecule has 1 saturated heterocycles. The molecular weight excluding hydrogens is 274 g/mol. The number of piperazine rings is 1. The summed E-state index contributed by atoms with van der Waals surface area (Å²) in [6.07, 6.45) is 2.95. The van der Waals surface area contributed by atoms with Gasteiger partial charge in [-0.15, -0.1) is 0 Å². The van der Waals surface area contributed by atoms with E-state index < -0.39 is 0 Å². The molecule has 1 unspecified atom stereocenters. The Morgan fingerprint density at radius 1 is 1.27 bits per heavy atom. The molecule has 2 aromatic rings. The summed E-state index contributed by atoms with van der Waals surface area (Å²) in [5.41, 5.74) is 3.27. The summed E-state index contributed by atoms with van der Waals surface area (Å²) in [6.45, 7) is 4.55. The number of nitrogens with one attached hydrogen (secondary N) is 1. The Bertz CT molecular complexity index is 645. The predicted octanol–water partition coefficient (Wildman–Crippen LogP) is 2.37. The second-order valence-corrected chi connectivity index (χ2v) is 5.82. The fourth-order valence-corrected chi connectivity index (χ4v) is 3.05. The van der Waals surface area contributed by atoms with Crippen molar-refractivity contribution in [3.63, 3.8) is 0 Å². The lowest BCUT2D eigenvalue weighted by Crippen LogP contribution is -2.49. The van der Waals surface area contributed by atoms with Crippen LogP contribution in [-0.2, 0) is 13.5 Å². The van der Waals surface area contributed by atoms with E-state index in [1.165, 1.54) is 11.1 Å². The molecule has 0 aliphatic carbocycles. The van der Waals surface area contributed by atoms with Gasteiger partial charge < -0.3 is 14.8 Å². The maximum Gasteiger partial charge on any atom is 0.271 e. The molecule has 1 aromatic carbocycles. The highest BCUT2D eigenvalue weighted by Gasteiger charge is 2.29. The number of carbonyl (C=O) groups is 1. The lowest BCUT2D eigenvalue weighted by atomic mass is 10.0. The predicted molar refractivity (Wildman–Crippen MR) is 87.9 cm³/mol. The van der Waals surface area contributed by atoms with Crippen molar-refractivity contribution in [3.8, 4) is 0 Å². The Morgan fingerprint density at radius 2 is 2.05 bits per heavy atom. The van der Waals surface area contributed by atoms with Gasteiger partial charge in [-0.1, -0.05) is 31.2 Å². The molecule has 0 radical (unpaired) electrons. The first-order chi connectivity index (χ1) is 10.7. The fourth-order valence-electron chi connectivity index (χ4n) is 3.05. The van der Waals surface area contributed by atoms with E-state index in [9.17, 15) is 4.79 Å². The second-order valence-electron chi connectivity index (χ2n) is 5.82. The third-order valence-corrected chi connectivity index (χ3v) is 4.44. The minimum atomic E-state index is 0.0991. The van der Waals surface area contributed by atoms with E-state index in [4.69, 9.17) is 0 Å². The number of carbonyl (C=O) groups excluding carboxylic acids is 1. The molecule has 0 bridgehead atoms. The molecular formula is C18H23N3O. The van der Waals surface area contributed by atoms with Crippen LogP contribution in [0.5, 0.6) is 0 Å². The first-order valence-electron chi connectivity index (χ1n) is 7.92. The average Bonchev–Trinajstić information content (AvgIpc) is 3.00. The summed E-state index contributed by atoms with van der Waals surface area (Å²) in [5.74, 6) is 0.110. The first kappa shape index (κ1) is 14.9. The number of aryl methyl sites for hydroxylation is 2. The summed E-state index contributed by atoms with van der Waals surface area (Å²) in [4.78, 5) is 14.9. The van der Waals surface area contributed by atoms with Crippen molar-refractivity contribution in [2.24, 2.45) is 7.05 Å². The monoisotopic (exact) mass is 297 g/mol. The largest absolute Gasteiger partial charge is 0.347 e. The number of benzene rings is 1. The van der Waals surface area contributed by atoms with E-state index in [1.807, 2.05) is 34.8 Å². The highest BCUT2D eigenvalue weighted by atomic mass is 16.2. The van der Waals surface area contributed by atoms with Crippen molar-refractivity contribution >= 4 is 5.91 Å². The quantitative estimate of drug-likeness (QED) is 0.944. The molecule has 4 nitrogen and oxygen atoms in total. The van der Waals surface area contributed by atoms with E-state index in [1.54, 1.807) is 0 Å². The Hall–Kier alpha value is -2.07. The molecule has 2 heterocycles.